The van der Waals surface area contributed by atoms with Crippen molar-refractivity contribution < 1.29 is 4.39 Å². The molecule has 3 nitrogen and oxygen atoms in total. The number of benzene rings is 2. The van der Waals surface area contributed by atoms with E-state index in [9.17, 15) is 4.39 Å². The van der Waals surface area contributed by atoms with Crippen LogP contribution >= 0.6 is 0 Å². The van der Waals surface area contributed by atoms with Gasteiger partial charge in [-0.1, -0.05) is 12.1 Å². The van der Waals surface area contributed by atoms with Crippen LogP contribution in [0, 0.1) is 5.82 Å². The highest BCUT2D eigenvalue weighted by Gasteiger charge is 2.03. The molecule has 2 aromatic carbocycles. The van der Waals surface area contributed by atoms with Crippen molar-refractivity contribution in [1.29, 1.82) is 0 Å². The summed E-state index contributed by atoms with van der Waals surface area (Å²) in [4.78, 5) is 6.31. The zero-order valence-corrected chi connectivity index (χ0v) is 13.1. The molecule has 23 heavy (non-hydrogen) atoms. The lowest BCUT2D eigenvalue weighted by molar-refractivity contribution is 0.630. The molecule has 0 saturated carbocycles. The number of aromatic nitrogens is 1. The highest BCUT2D eigenvalue weighted by molar-refractivity contribution is 5.81. The fourth-order valence-corrected chi connectivity index (χ4v) is 2.34. The summed E-state index contributed by atoms with van der Waals surface area (Å²) in [5.41, 5.74) is 3.41. The van der Waals surface area contributed by atoms with Crippen molar-refractivity contribution in [3.63, 3.8) is 0 Å². The van der Waals surface area contributed by atoms with Gasteiger partial charge in [0.2, 0.25) is 0 Å². The van der Waals surface area contributed by atoms with Gasteiger partial charge in [-0.3, -0.25) is 4.99 Å². The maximum absolute atomic E-state index is 13.6. The first kappa shape index (κ1) is 15.0. The van der Waals surface area contributed by atoms with Gasteiger partial charge in [-0.05, 0) is 48.5 Å². The van der Waals surface area contributed by atoms with E-state index in [0.29, 0.717) is 5.69 Å². The van der Waals surface area contributed by atoms with Crippen molar-refractivity contribution in [2.24, 2.45) is 4.99 Å². The highest BCUT2D eigenvalue weighted by atomic mass is 19.1. The Morgan fingerprint density at radius 3 is 2.39 bits per heavy atom. The molecule has 0 radical (unpaired) electrons. The molecule has 1 heterocycles. The van der Waals surface area contributed by atoms with Gasteiger partial charge in [0.15, 0.2) is 0 Å². The van der Waals surface area contributed by atoms with E-state index in [4.69, 9.17) is 0 Å². The third kappa shape index (κ3) is 3.31. The second-order valence-corrected chi connectivity index (χ2v) is 5.42. The van der Waals surface area contributed by atoms with Crippen LogP contribution in [0.5, 0.6) is 0 Å². The van der Waals surface area contributed by atoms with Gasteiger partial charge in [0.25, 0.3) is 0 Å². The van der Waals surface area contributed by atoms with E-state index in [0.717, 1.165) is 17.1 Å². The molecule has 0 atom stereocenters. The third-order valence-corrected chi connectivity index (χ3v) is 3.61. The van der Waals surface area contributed by atoms with E-state index in [1.807, 2.05) is 37.0 Å². The lowest BCUT2D eigenvalue weighted by Gasteiger charge is -2.13. The Kier molecular flexibility index (Phi) is 4.24. The van der Waals surface area contributed by atoms with Gasteiger partial charge < -0.3 is 9.47 Å². The van der Waals surface area contributed by atoms with Crippen LogP contribution in [0.4, 0.5) is 15.8 Å². The lowest BCUT2D eigenvalue weighted by atomic mass is 10.2. The first-order chi connectivity index (χ1) is 11.1. The van der Waals surface area contributed by atoms with Gasteiger partial charge in [0.05, 0.1) is 17.6 Å². The quantitative estimate of drug-likeness (QED) is 0.653. The number of rotatable bonds is 4. The molecule has 0 amide bonds. The van der Waals surface area contributed by atoms with Crippen LogP contribution in [0.1, 0.15) is 5.69 Å². The maximum Gasteiger partial charge on any atom is 0.148 e. The maximum atomic E-state index is 13.6. The van der Waals surface area contributed by atoms with Crippen molar-refractivity contribution in [2.75, 3.05) is 19.0 Å². The molecule has 0 aliphatic rings. The predicted octanol–water partition coefficient (Wildman–Crippen LogP) is 4.43. The molecule has 0 unspecified atom stereocenters. The summed E-state index contributed by atoms with van der Waals surface area (Å²) in [6.45, 7) is 0. The number of anilines is 1. The van der Waals surface area contributed by atoms with E-state index < -0.39 is 0 Å². The fourth-order valence-electron chi connectivity index (χ4n) is 2.34. The van der Waals surface area contributed by atoms with Crippen LogP contribution in [0.3, 0.4) is 0 Å². The van der Waals surface area contributed by atoms with E-state index in [-0.39, 0.29) is 5.82 Å². The third-order valence-electron chi connectivity index (χ3n) is 3.61. The molecule has 4 heteroatoms. The van der Waals surface area contributed by atoms with Crippen LogP contribution in [-0.4, -0.2) is 24.9 Å². The summed E-state index contributed by atoms with van der Waals surface area (Å²) >= 11 is 0. The fraction of sp³-hybridized carbons (Fsp3) is 0.105. The summed E-state index contributed by atoms with van der Waals surface area (Å²) in [6, 6.07) is 18.6. The van der Waals surface area contributed by atoms with Gasteiger partial charge in [0, 0.05) is 31.7 Å². The molecule has 0 N–H and O–H groups in total. The molecule has 1 aromatic heterocycles. The number of hydrogen-bond acceptors (Lipinski definition) is 2. The standard InChI is InChI=1S/C19H18FN3/c1-22(2)15-9-11-16(12-10-15)23-13-5-6-17(23)14-21-19-8-4-3-7-18(19)20/h3-14H,1-2H3. The first-order valence-corrected chi connectivity index (χ1v) is 7.39. The Labute approximate surface area is 135 Å². The van der Waals surface area contributed by atoms with Crippen LogP contribution in [0.2, 0.25) is 0 Å². The van der Waals surface area contributed by atoms with Crippen molar-refractivity contribution in [1.82, 2.24) is 4.57 Å². The SMILES string of the molecule is CN(C)c1ccc(-n2cccc2C=Nc2ccccc2F)cc1. The summed E-state index contributed by atoms with van der Waals surface area (Å²) < 4.78 is 15.7. The average Bonchev–Trinajstić information content (AvgIpc) is 3.02. The molecule has 0 aliphatic heterocycles. The second-order valence-electron chi connectivity index (χ2n) is 5.42. The number of halogens is 1. The summed E-state index contributed by atoms with van der Waals surface area (Å²) in [6.07, 6.45) is 3.64. The minimum Gasteiger partial charge on any atom is -0.378 e. The monoisotopic (exact) mass is 307 g/mol. The van der Waals surface area contributed by atoms with E-state index >= 15 is 0 Å². The molecule has 3 aromatic rings. The minimum absolute atomic E-state index is 0.322. The van der Waals surface area contributed by atoms with Gasteiger partial charge >= 0.3 is 0 Å². The Balaban J connectivity index is 1.89. The Bertz CT molecular complexity index is 817. The highest BCUT2D eigenvalue weighted by Crippen LogP contribution is 2.19. The second kappa shape index (κ2) is 6.48. The van der Waals surface area contributed by atoms with E-state index in [1.165, 1.54) is 6.07 Å². The number of nitrogens with zero attached hydrogens (tertiary/aromatic N) is 3. The number of para-hydroxylation sites is 1. The summed E-state index contributed by atoms with van der Waals surface area (Å²) in [7, 11) is 4.02. The van der Waals surface area contributed by atoms with Crippen LogP contribution in [0.15, 0.2) is 71.9 Å². The number of hydrogen-bond donors (Lipinski definition) is 0. The van der Waals surface area contributed by atoms with E-state index in [1.54, 1.807) is 24.4 Å². The molecule has 0 aliphatic carbocycles. The first-order valence-electron chi connectivity index (χ1n) is 7.39. The van der Waals surface area contributed by atoms with Gasteiger partial charge in [-0.2, -0.15) is 0 Å². The summed E-state index contributed by atoms with van der Waals surface area (Å²) in [5.74, 6) is -0.322. The Hall–Kier alpha value is -2.88. The minimum atomic E-state index is -0.322. The molecule has 0 fully saturated rings. The normalized spacial score (nSPS) is 11.1. The molecular formula is C19H18FN3. The van der Waals surface area contributed by atoms with Gasteiger partial charge in [-0.25, -0.2) is 4.39 Å². The zero-order chi connectivity index (χ0) is 16.2. The molecule has 3 rings (SSSR count). The van der Waals surface area contributed by atoms with Crippen molar-refractivity contribution in [2.45, 2.75) is 0 Å². The molecule has 0 saturated heterocycles. The number of aliphatic imine (C=N–C) groups is 1. The molecule has 116 valence electrons. The largest absolute Gasteiger partial charge is 0.378 e. The Morgan fingerprint density at radius 2 is 1.70 bits per heavy atom. The van der Waals surface area contributed by atoms with Crippen LogP contribution < -0.4 is 4.90 Å². The summed E-state index contributed by atoms with van der Waals surface area (Å²) in [5, 5.41) is 0. The van der Waals surface area contributed by atoms with Crippen LogP contribution in [-0.2, 0) is 0 Å². The van der Waals surface area contributed by atoms with Gasteiger partial charge in [-0.15, -0.1) is 0 Å². The predicted molar refractivity (Wildman–Crippen MR) is 93.8 cm³/mol. The van der Waals surface area contributed by atoms with Crippen molar-refractivity contribution in [3.8, 4) is 5.69 Å². The van der Waals surface area contributed by atoms with Crippen molar-refractivity contribution >= 4 is 17.6 Å². The molecular weight excluding hydrogens is 289 g/mol. The topological polar surface area (TPSA) is 20.5 Å². The van der Waals surface area contributed by atoms with Crippen molar-refractivity contribution in [3.05, 3.63) is 78.4 Å². The van der Waals surface area contributed by atoms with E-state index in [2.05, 4.69) is 34.2 Å². The smallest absolute Gasteiger partial charge is 0.148 e. The Morgan fingerprint density at radius 1 is 0.957 bits per heavy atom. The molecule has 0 spiro atoms. The van der Waals surface area contributed by atoms with Gasteiger partial charge in [0.1, 0.15) is 5.82 Å². The molecule has 0 bridgehead atoms. The lowest BCUT2D eigenvalue weighted by Crippen LogP contribution is -2.08. The average molecular weight is 307 g/mol. The zero-order valence-electron chi connectivity index (χ0n) is 13.1. The van der Waals surface area contributed by atoms with Crippen LogP contribution in [0.25, 0.3) is 5.69 Å².